The highest BCUT2D eigenvalue weighted by molar-refractivity contribution is 5.89. The maximum atomic E-state index is 12.3. The Labute approximate surface area is 142 Å². The van der Waals surface area contributed by atoms with Gasteiger partial charge in [-0.25, -0.2) is 4.79 Å². The number of nitrogens with one attached hydrogen (secondary N) is 2. The van der Waals surface area contributed by atoms with Crippen LogP contribution in [0.5, 0.6) is 0 Å². The maximum Gasteiger partial charge on any atom is 0.319 e. The number of likely N-dealkylation sites (tertiary alicyclic amines) is 1. The minimum atomic E-state index is -0.107. The molecule has 5 heteroatoms. The van der Waals surface area contributed by atoms with Crippen molar-refractivity contribution in [1.29, 1.82) is 0 Å². The van der Waals surface area contributed by atoms with E-state index in [2.05, 4.69) is 15.5 Å². The van der Waals surface area contributed by atoms with E-state index in [9.17, 15) is 4.79 Å². The summed E-state index contributed by atoms with van der Waals surface area (Å²) in [7, 11) is 0. The first kappa shape index (κ1) is 15.3. The molecule has 1 saturated carbocycles. The van der Waals surface area contributed by atoms with Crippen molar-refractivity contribution >= 4 is 11.7 Å². The van der Waals surface area contributed by atoms with Crippen LogP contribution in [0.3, 0.4) is 0 Å². The van der Waals surface area contributed by atoms with Crippen LogP contribution in [0.1, 0.15) is 25.7 Å². The average molecular weight is 324 g/mol. The molecule has 0 unspecified atom stereocenters. The fraction of sp³-hybridized carbons (Fsp3) is 0.421. The number of benzene rings is 1. The van der Waals surface area contributed by atoms with Crippen molar-refractivity contribution in [1.82, 2.24) is 14.8 Å². The summed E-state index contributed by atoms with van der Waals surface area (Å²) in [5.41, 5.74) is 1.85. The molecule has 4 rings (SSSR count). The summed E-state index contributed by atoms with van der Waals surface area (Å²) < 4.78 is 2.02. The van der Waals surface area contributed by atoms with Crippen LogP contribution in [-0.4, -0.2) is 40.7 Å². The van der Waals surface area contributed by atoms with Gasteiger partial charge in [0.25, 0.3) is 0 Å². The normalized spacial score (nSPS) is 19.2. The lowest BCUT2D eigenvalue weighted by Crippen LogP contribution is -2.46. The van der Waals surface area contributed by atoms with Gasteiger partial charge in [-0.15, -0.1) is 0 Å². The summed E-state index contributed by atoms with van der Waals surface area (Å²) >= 11 is 0. The van der Waals surface area contributed by atoms with E-state index in [0.29, 0.717) is 0 Å². The second-order valence-electron chi connectivity index (χ2n) is 6.78. The van der Waals surface area contributed by atoms with Crippen LogP contribution in [0.15, 0.2) is 48.8 Å². The predicted molar refractivity (Wildman–Crippen MR) is 95.5 cm³/mol. The van der Waals surface area contributed by atoms with Gasteiger partial charge in [0, 0.05) is 48.9 Å². The van der Waals surface area contributed by atoms with Gasteiger partial charge in [-0.2, -0.15) is 0 Å². The molecule has 2 fully saturated rings. The zero-order valence-corrected chi connectivity index (χ0v) is 13.8. The third-order valence-electron chi connectivity index (χ3n) is 4.93. The third-order valence-corrected chi connectivity index (χ3v) is 4.93. The number of hydrogen-bond donors (Lipinski definition) is 2. The molecule has 2 aromatic rings. The van der Waals surface area contributed by atoms with E-state index in [1.54, 1.807) is 0 Å². The summed E-state index contributed by atoms with van der Waals surface area (Å²) in [5.74, 6) is 0. The minimum absolute atomic E-state index is 0.107. The van der Waals surface area contributed by atoms with E-state index in [0.717, 1.165) is 43.3 Å². The molecule has 1 aromatic heterocycles. The van der Waals surface area contributed by atoms with Gasteiger partial charge in [-0.1, -0.05) is 6.07 Å². The molecule has 2 N–H and O–H groups in total. The Kier molecular flexibility index (Phi) is 4.26. The second-order valence-corrected chi connectivity index (χ2v) is 6.78. The van der Waals surface area contributed by atoms with E-state index in [-0.39, 0.29) is 12.1 Å². The van der Waals surface area contributed by atoms with Gasteiger partial charge < -0.3 is 20.1 Å². The highest BCUT2D eigenvalue weighted by atomic mass is 16.2. The van der Waals surface area contributed by atoms with Crippen molar-refractivity contribution in [3.05, 3.63) is 48.8 Å². The van der Waals surface area contributed by atoms with Gasteiger partial charge in [0.1, 0.15) is 0 Å². The zero-order valence-electron chi connectivity index (χ0n) is 13.8. The first-order valence-corrected chi connectivity index (χ1v) is 8.83. The van der Waals surface area contributed by atoms with E-state index in [4.69, 9.17) is 0 Å². The van der Waals surface area contributed by atoms with Crippen LogP contribution < -0.4 is 10.6 Å². The van der Waals surface area contributed by atoms with Crippen LogP contribution in [-0.2, 0) is 0 Å². The van der Waals surface area contributed by atoms with Gasteiger partial charge in [-0.05, 0) is 56.0 Å². The molecule has 24 heavy (non-hydrogen) atoms. The number of rotatable bonds is 4. The largest absolute Gasteiger partial charge is 0.335 e. The molecule has 1 aliphatic heterocycles. The van der Waals surface area contributed by atoms with Crippen LogP contribution in [0.25, 0.3) is 5.69 Å². The Balaban J connectivity index is 1.30. The topological polar surface area (TPSA) is 49.3 Å². The summed E-state index contributed by atoms with van der Waals surface area (Å²) in [6, 6.07) is 12.9. The van der Waals surface area contributed by atoms with Crippen LogP contribution in [0.2, 0.25) is 0 Å². The fourth-order valence-corrected chi connectivity index (χ4v) is 3.45. The van der Waals surface area contributed by atoms with Crippen molar-refractivity contribution < 1.29 is 4.79 Å². The smallest absolute Gasteiger partial charge is 0.319 e. The molecular formula is C19H24N4O. The molecule has 1 aliphatic carbocycles. The Bertz CT molecular complexity index is 685. The number of urea groups is 1. The molecule has 2 aliphatic rings. The van der Waals surface area contributed by atoms with Gasteiger partial charge in [0.05, 0.1) is 0 Å². The Morgan fingerprint density at radius 3 is 2.46 bits per heavy atom. The number of aromatic nitrogens is 1. The Morgan fingerprint density at radius 2 is 1.75 bits per heavy atom. The lowest BCUT2D eigenvalue weighted by Gasteiger charge is -2.32. The maximum absolute atomic E-state index is 12.3. The molecule has 0 atom stereocenters. The monoisotopic (exact) mass is 324 g/mol. The van der Waals surface area contributed by atoms with Gasteiger partial charge in [-0.3, -0.25) is 0 Å². The number of anilines is 1. The summed E-state index contributed by atoms with van der Waals surface area (Å²) in [4.78, 5) is 14.8. The van der Waals surface area contributed by atoms with Crippen molar-refractivity contribution in [2.45, 2.75) is 37.8 Å². The third kappa shape index (κ3) is 3.62. The molecule has 1 aromatic carbocycles. The SMILES string of the molecule is O=C(Nc1cccc(-n2cccc2)c1)NC1CCN(C2CC2)CC1. The van der Waals surface area contributed by atoms with Crippen LogP contribution in [0, 0.1) is 0 Å². The highest BCUT2D eigenvalue weighted by Crippen LogP contribution is 2.29. The number of piperidine rings is 1. The van der Waals surface area contributed by atoms with Gasteiger partial charge in [0.2, 0.25) is 0 Å². The number of carbonyl (C=O) groups is 1. The second kappa shape index (κ2) is 6.69. The quantitative estimate of drug-likeness (QED) is 0.907. The number of amides is 2. The summed E-state index contributed by atoms with van der Waals surface area (Å²) in [6.45, 7) is 2.22. The predicted octanol–water partition coefficient (Wildman–Crippen LogP) is 3.23. The standard InChI is InChI=1S/C19H24N4O/c24-19(20-15-8-12-23(13-9-15)17-6-7-17)21-16-4-3-5-18(14-16)22-10-1-2-11-22/h1-5,10-11,14-15,17H,6-9,12-13H2,(H2,20,21,24). The molecule has 5 nitrogen and oxygen atoms in total. The first-order chi connectivity index (χ1) is 11.8. The number of nitrogens with zero attached hydrogens (tertiary/aromatic N) is 2. The van der Waals surface area contributed by atoms with Crippen LogP contribution >= 0.6 is 0 Å². The highest BCUT2D eigenvalue weighted by Gasteiger charge is 2.32. The molecule has 0 bridgehead atoms. The average Bonchev–Trinajstić information content (AvgIpc) is 3.29. The number of hydrogen-bond acceptors (Lipinski definition) is 2. The molecular weight excluding hydrogens is 300 g/mol. The van der Waals surface area contributed by atoms with Gasteiger partial charge >= 0.3 is 6.03 Å². The molecule has 1 saturated heterocycles. The van der Waals surface area contributed by atoms with Crippen molar-refractivity contribution in [3.63, 3.8) is 0 Å². The molecule has 2 amide bonds. The minimum Gasteiger partial charge on any atom is -0.335 e. The number of carbonyl (C=O) groups excluding carboxylic acids is 1. The van der Waals surface area contributed by atoms with Crippen molar-refractivity contribution in [2.75, 3.05) is 18.4 Å². The van der Waals surface area contributed by atoms with E-state index < -0.39 is 0 Å². The first-order valence-electron chi connectivity index (χ1n) is 8.83. The zero-order chi connectivity index (χ0) is 16.4. The van der Waals surface area contributed by atoms with E-state index in [1.807, 2.05) is 53.4 Å². The molecule has 0 spiro atoms. The van der Waals surface area contributed by atoms with Crippen molar-refractivity contribution in [2.24, 2.45) is 0 Å². The summed E-state index contributed by atoms with van der Waals surface area (Å²) in [6.07, 6.45) is 8.80. The summed E-state index contributed by atoms with van der Waals surface area (Å²) in [5, 5.41) is 6.08. The molecule has 0 radical (unpaired) electrons. The van der Waals surface area contributed by atoms with E-state index in [1.165, 1.54) is 12.8 Å². The fourth-order valence-electron chi connectivity index (χ4n) is 3.45. The lowest BCUT2D eigenvalue weighted by molar-refractivity contribution is 0.189. The molecule has 2 heterocycles. The van der Waals surface area contributed by atoms with E-state index >= 15 is 0 Å². The van der Waals surface area contributed by atoms with Gasteiger partial charge in [0.15, 0.2) is 0 Å². The van der Waals surface area contributed by atoms with Crippen LogP contribution in [0.4, 0.5) is 10.5 Å². The molecule has 126 valence electrons. The Hall–Kier alpha value is -2.27. The lowest BCUT2D eigenvalue weighted by atomic mass is 10.1. The Morgan fingerprint density at radius 1 is 1.00 bits per heavy atom. The van der Waals surface area contributed by atoms with Crippen molar-refractivity contribution in [3.8, 4) is 5.69 Å².